The zero-order chi connectivity index (χ0) is 28.5. The summed E-state index contributed by atoms with van der Waals surface area (Å²) < 4.78 is 31.0. The molecular weight excluding hydrogens is 548 g/mol. The number of nitriles is 1. The highest BCUT2D eigenvalue weighted by Gasteiger charge is 2.40. The number of anilines is 2. The van der Waals surface area contributed by atoms with E-state index in [9.17, 15) is 13.7 Å². The van der Waals surface area contributed by atoms with E-state index < -0.39 is 15.4 Å². The number of piperidine rings is 1. The lowest BCUT2D eigenvalue weighted by atomic mass is 9.73. The molecule has 210 valence electrons. The van der Waals surface area contributed by atoms with Gasteiger partial charge >= 0.3 is 0 Å². The molecule has 0 bridgehead atoms. The summed E-state index contributed by atoms with van der Waals surface area (Å²) in [5.41, 5.74) is 4.01. The molecule has 3 aromatic rings. The Morgan fingerprint density at radius 1 is 1.15 bits per heavy atom. The van der Waals surface area contributed by atoms with Crippen LogP contribution in [0.5, 0.6) is 5.75 Å². The van der Waals surface area contributed by atoms with E-state index in [1.807, 2.05) is 36.4 Å². The number of ether oxygens (including phenoxy) is 1. The molecule has 0 aliphatic carbocycles. The Labute approximate surface area is 240 Å². The minimum atomic E-state index is -3.47. The first-order valence-corrected chi connectivity index (χ1v) is 15.5. The second-order valence-electron chi connectivity index (χ2n) is 11.2. The van der Waals surface area contributed by atoms with E-state index in [4.69, 9.17) is 16.3 Å². The number of nitrogens with one attached hydrogen (secondary N) is 2. The number of aromatic nitrogens is 2. The predicted molar refractivity (Wildman–Crippen MR) is 156 cm³/mol. The van der Waals surface area contributed by atoms with Crippen molar-refractivity contribution < 1.29 is 13.2 Å². The third kappa shape index (κ3) is 6.02. The molecule has 0 amide bonds. The fourth-order valence-electron chi connectivity index (χ4n) is 5.39. The van der Waals surface area contributed by atoms with Crippen LogP contribution in [-0.4, -0.2) is 50.8 Å². The monoisotopic (exact) mass is 580 g/mol. The molecule has 2 fully saturated rings. The molecule has 1 spiro atoms. The summed E-state index contributed by atoms with van der Waals surface area (Å²) in [5, 5.41) is 14.1. The minimum absolute atomic E-state index is 0.00184. The van der Waals surface area contributed by atoms with E-state index in [1.54, 1.807) is 6.07 Å². The average Bonchev–Trinajstić information content (AvgIpc) is 2.90. The van der Waals surface area contributed by atoms with Gasteiger partial charge in [0, 0.05) is 37.8 Å². The van der Waals surface area contributed by atoms with Crippen LogP contribution in [0.4, 0.5) is 11.6 Å². The Bertz CT molecular complexity index is 1540. The molecule has 2 aromatic carbocycles. The van der Waals surface area contributed by atoms with Crippen LogP contribution in [-0.2, 0) is 22.0 Å². The number of hydrogen-bond acceptors (Lipinski definition) is 8. The highest BCUT2D eigenvalue weighted by atomic mass is 35.5. The molecule has 0 atom stereocenters. The van der Waals surface area contributed by atoms with Gasteiger partial charge in [-0.1, -0.05) is 37.6 Å². The lowest BCUT2D eigenvalue weighted by Gasteiger charge is -2.49. The molecule has 2 aliphatic rings. The smallest absolute Gasteiger partial charge is 0.236 e. The second-order valence-corrected chi connectivity index (χ2v) is 13.4. The molecule has 2 saturated heterocycles. The third-order valence-electron chi connectivity index (χ3n) is 8.00. The van der Waals surface area contributed by atoms with Crippen molar-refractivity contribution in [1.82, 2.24) is 15.3 Å². The number of nitrogens with zero attached hydrogens (tertiary/aromatic N) is 4. The second kappa shape index (κ2) is 10.9. The first kappa shape index (κ1) is 28.1. The molecule has 9 nitrogen and oxygen atoms in total. The maximum absolute atomic E-state index is 11.4. The summed E-state index contributed by atoms with van der Waals surface area (Å²) in [6.07, 6.45) is 4.74. The van der Waals surface area contributed by atoms with Crippen LogP contribution in [0.3, 0.4) is 0 Å². The van der Waals surface area contributed by atoms with Gasteiger partial charge in [0.25, 0.3) is 0 Å². The maximum atomic E-state index is 11.4. The van der Waals surface area contributed by atoms with E-state index in [0.29, 0.717) is 27.4 Å². The van der Waals surface area contributed by atoms with E-state index in [0.717, 1.165) is 62.1 Å². The third-order valence-corrected chi connectivity index (χ3v) is 8.84. The van der Waals surface area contributed by atoms with Crippen molar-refractivity contribution in [2.45, 2.75) is 38.7 Å². The van der Waals surface area contributed by atoms with Gasteiger partial charge < -0.3 is 15.0 Å². The Balaban J connectivity index is 1.29. The van der Waals surface area contributed by atoms with Crippen LogP contribution in [0.15, 0.2) is 48.7 Å². The van der Waals surface area contributed by atoms with Gasteiger partial charge in [-0.05, 0) is 59.7 Å². The maximum Gasteiger partial charge on any atom is 0.236 e. The van der Waals surface area contributed by atoms with Crippen LogP contribution in [0.1, 0.15) is 49.1 Å². The van der Waals surface area contributed by atoms with Crippen LogP contribution in [0, 0.1) is 16.7 Å². The normalized spacial score (nSPS) is 16.7. The van der Waals surface area contributed by atoms with E-state index in [1.165, 1.54) is 6.20 Å². The van der Waals surface area contributed by atoms with E-state index in [2.05, 4.69) is 44.8 Å². The fraction of sp³-hybridized carbons (Fsp3) is 0.414. The van der Waals surface area contributed by atoms with Crippen molar-refractivity contribution in [1.29, 1.82) is 5.26 Å². The summed E-state index contributed by atoms with van der Waals surface area (Å²) in [6, 6.07) is 15.8. The average molecular weight is 581 g/mol. The van der Waals surface area contributed by atoms with Gasteiger partial charge in [-0.2, -0.15) is 5.26 Å². The van der Waals surface area contributed by atoms with Gasteiger partial charge in [0.05, 0.1) is 28.2 Å². The summed E-state index contributed by atoms with van der Waals surface area (Å²) in [4.78, 5) is 10.4. The van der Waals surface area contributed by atoms with Gasteiger partial charge in [0.1, 0.15) is 18.4 Å². The lowest BCUT2D eigenvalue weighted by Crippen LogP contribution is -2.58. The SMILES string of the molecule is CC(C)(c1ccc(OCc2ccnc(NS(C)(=O)=O)n2)cc1)c1cc(Cl)c(N2CCC3(CC2)CNC3)c(C#N)c1. The first-order chi connectivity index (χ1) is 19.0. The molecule has 2 N–H and O–H groups in total. The topological polar surface area (TPSA) is 120 Å². The Hall–Kier alpha value is -3.39. The van der Waals surface area contributed by atoms with Crippen LogP contribution < -0.4 is 19.7 Å². The van der Waals surface area contributed by atoms with Crippen molar-refractivity contribution >= 4 is 33.3 Å². The van der Waals surface area contributed by atoms with Crippen LogP contribution in [0.25, 0.3) is 0 Å². The van der Waals surface area contributed by atoms with Gasteiger partial charge in [-0.3, -0.25) is 4.72 Å². The summed E-state index contributed by atoms with van der Waals surface area (Å²) in [6.45, 7) is 8.36. The van der Waals surface area contributed by atoms with Crippen LogP contribution in [0.2, 0.25) is 5.02 Å². The summed E-state index contributed by atoms with van der Waals surface area (Å²) in [5.74, 6) is 0.647. The van der Waals surface area contributed by atoms with Crippen molar-refractivity contribution in [2.75, 3.05) is 42.1 Å². The van der Waals surface area contributed by atoms with Gasteiger partial charge in [0.15, 0.2) is 0 Å². The first-order valence-electron chi connectivity index (χ1n) is 13.2. The molecule has 3 heterocycles. The molecule has 40 heavy (non-hydrogen) atoms. The van der Waals surface area contributed by atoms with E-state index in [-0.39, 0.29) is 12.6 Å². The molecule has 0 saturated carbocycles. The summed E-state index contributed by atoms with van der Waals surface area (Å²) >= 11 is 6.86. The predicted octanol–water partition coefficient (Wildman–Crippen LogP) is 4.47. The molecule has 11 heteroatoms. The number of sulfonamides is 1. The van der Waals surface area contributed by atoms with Gasteiger partial charge in [-0.25, -0.2) is 18.4 Å². The van der Waals surface area contributed by atoms with Crippen molar-refractivity contribution in [2.24, 2.45) is 5.41 Å². The molecule has 1 aromatic heterocycles. The lowest BCUT2D eigenvalue weighted by molar-refractivity contribution is 0.126. The molecule has 0 unspecified atom stereocenters. The molecule has 5 rings (SSSR count). The minimum Gasteiger partial charge on any atom is -0.487 e. The zero-order valence-electron chi connectivity index (χ0n) is 22.9. The van der Waals surface area contributed by atoms with E-state index >= 15 is 0 Å². The Kier molecular flexibility index (Phi) is 7.66. The zero-order valence-corrected chi connectivity index (χ0v) is 24.4. The summed E-state index contributed by atoms with van der Waals surface area (Å²) in [7, 11) is -3.47. The molecule has 0 radical (unpaired) electrons. The molecule has 2 aliphatic heterocycles. The highest BCUT2D eigenvalue weighted by Crippen LogP contribution is 2.42. The Morgan fingerprint density at radius 2 is 1.85 bits per heavy atom. The van der Waals surface area contributed by atoms with Crippen molar-refractivity contribution in [3.63, 3.8) is 0 Å². The standard InChI is InChI=1S/C29H33ClN6O3S/c1-28(2,21-4-6-24(7-5-21)39-17-23-8-11-33-27(34-23)35-40(3,37)38)22-14-20(16-31)26(25(30)15-22)36-12-9-29(10-13-36)18-32-19-29/h4-8,11,14-15,32H,9-10,12-13,17-19H2,1-3H3,(H,33,34,35). The van der Waals surface area contributed by atoms with Gasteiger partial charge in [-0.15, -0.1) is 0 Å². The molecular formula is C29H33ClN6O3S. The highest BCUT2D eigenvalue weighted by molar-refractivity contribution is 7.91. The Morgan fingerprint density at radius 3 is 2.45 bits per heavy atom. The quantitative estimate of drug-likeness (QED) is 0.400. The number of halogens is 1. The number of benzene rings is 2. The fourth-order valence-corrected chi connectivity index (χ4v) is 6.16. The van der Waals surface area contributed by atoms with Gasteiger partial charge in [0.2, 0.25) is 16.0 Å². The van der Waals surface area contributed by atoms with Crippen molar-refractivity contribution in [3.8, 4) is 11.8 Å². The number of rotatable bonds is 8. The van der Waals surface area contributed by atoms with Crippen LogP contribution >= 0.6 is 11.6 Å². The number of hydrogen-bond donors (Lipinski definition) is 2. The largest absolute Gasteiger partial charge is 0.487 e. The van der Waals surface area contributed by atoms with Crippen molar-refractivity contribution in [3.05, 3.63) is 76.1 Å².